The molecule has 1 N–H and O–H groups in total. The number of hydrogen-bond donors (Lipinski definition) is 1. The monoisotopic (exact) mass is 603 g/mol. The topological polar surface area (TPSA) is 86.8 Å². The molecule has 0 spiro atoms. The fourth-order valence-electron chi connectivity index (χ4n) is 4.26. The van der Waals surface area contributed by atoms with Gasteiger partial charge in [0.15, 0.2) is 0 Å². The second-order valence-corrected chi connectivity index (χ2v) is 12.3. The van der Waals surface area contributed by atoms with Gasteiger partial charge in [0.25, 0.3) is 10.0 Å². The van der Waals surface area contributed by atoms with Gasteiger partial charge in [-0.2, -0.15) is 0 Å². The summed E-state index contributed by atoms with van der Waals surface area (Å²) in [5.41, 5.74) is 2.89. The molecular formula is C30H35Cl2N3O4S. The minimum Gasteiger partial charge on any atom is -0.354 e. The summed E-state index contributed by atoms with van der Waals surface area (Å²) >= 11 is 12.4. The molecule has 0 bridgehead atoms. The standard InChI is InChI=1S/C30H35Cl2N3O4S/c1-5-17-33-30(37)28(6-2)34(19-23-10-8-7-9-22(23)4)29(36)20-35(24-13-16-26(31)27(32)18-24)40(38,39)25-14-11-21(3)12-15-25/h7-16,18,28H,5-6,17,19-20H2,1-4H3,(H,33,37). The Balaban J connectivity index is 2.09. The first-order chi connectivity index (χ1) is 19.0. The third-order valence-electron chi connectivity index (χ3n) is 6.62. The second kappa shape index (κ2) is 14.0. The molecule has 10 heteroatoms. The van der Waals surface area contributed by atoms with Crippen LogP contribution < -0.4 is 9.62 Å². The van der Waals surface area contributed by atoms with E-state index in [0.29, 0.717) is 13.0 Å². The molecule has 0 aliphatic carbocycles. The van der Waals surface area contributed by atoms with Crippen LogP contribution in [0.1, 0.15) is 43.4 Å². The molecule has 0 fully saturated rings. The van der Waals surface area contributed by atoms with E-state index in [-0.39, 0.29) is 33.1 Å². The summed E-state index contributed by atoms with van der Waals surface area (Å²) in [5, 5.41) is 3.29. The zero-order valence-corrected chi connectivity index (χ0v) is 25.5. The molecule has 1 atom stereocenters. The van der Waals surface area contributed by atoms with Gasteiger partial charge in [0.2, 0.25) is 11.8 Å². The molecule has 3 aromatic rings. The Labute approximate surface area is 247 Å². The van der Waals surface area contributed by atoms with Crippen molar-refractivity contribution < 1.29 is 18.0 Å². The Bertz CT molecular complexity index is 1450. The van der Waals surface area contributed by atoms with Gasteiger partial charge in [-0.05, 0) is 68.1 Å². The normalized spacial score (nSPS) is 12.1. The van der Waals surface area contributed by atoms with Gasteiger partial charge in [-0.3, -0.25) is 13.9 Å². The van der Waals surface area contributed by atoms with E-state index >= 15 is 0 Å². The molecule has 0 saturated heterocycles. The Kier molecular flexibility index (Phi) is 11.0. The number of aryl methyl sites for hydroxylation is 2. The third kappa shape index (κ3) is 7.56. The highest BCUT2D eigenvalue weighted by molar-refractivity contribution is 7.92. The molecule has 0 aliphatic rings. The van der Waals surface area contributed by atoms with Crippen molar-refractivity contribution in [2.75, 3.05) is 17.4 Å². The van der Waals surface area contributed by atoms with Gasteiger partial charge in [0.1, 0.15) is 12.6 Å². The largest absolute Gasteiger partial charge is 0.354 e. The molecule has 3 aromatic carbocycles. The van der Waals surface area contributed by atoms with Crippen molar-refractivity contribution in [2.45, 2.75) is 58.0 Å². The van der Waals surface area contributed by atoms with Crippen LogP contribution in [-0.4, -0.2) is 44.3 Å². The number of nitrogens with one attached hydrogen (secondary N) is 1. The number of nitrogens with zero attached hydrogens (tertiary/aromatic N) is 2. The average molecular weight is 605 g/mol. The van der Waals surface area contributed by atoms with Gasteiger partial charge in [0.05, 0.1) is 20.6 Å². The summed E-state index contributed by atoms with van der Waals surface area (Å²) in [4.78, 5) is 28.7. The highest BCUT2D eigenvalue weighted by Crippen LogP contribution is 2.31. The lowest BCUT2D eigenvalue weighted by atomic mass is 10.1. The van der Waals surface area contributed by atoms with Gasteiger partial charge in [-0.1, -0.05) is 79.0 Å². The SMILES string of the molecule is CCCNC(=O)C(CC)N(Cc1ccccc1C)C(=O)CN(c1ccc(Cl)c(Cl)c1)S(=O)(=O)c1ccc(C)cc1. The van der Waals surface area contributed by atoms with Crippen LogP contribution in [0.4, 0.5) is 5.69 Å². The smallest absolute Gasteiger partial charge is 0.264 e. The molecule has 0 heterocycles. The number of sulfonamides is 1. The number of rotatable bonds is 12. The van der Waals surface area contributed by atoms with E-state index in [2.05, 4.69) is 5.32 Å². The Morgan fingerprint density at radius 2 is 1.60 bits per heavy atom. The highest BCUT2D eigenvalue weighted by atomic mass is 35.5. The molecule has 0 saturated carbocycles. The van der Waals surface area contributed by atoms with E-state index in [1.54, 1.807) is 12.1 Å². The van der Waals surface area contributed by atoms with Gasteiger partial charge < -0.3 is 10.2 Å². The van der Waals surface area contributed by atoms with E-state index in [9.17, 15) is 18.0 Å². The molecule has 3 rings (SSSR count). The van der Waals surface area contributed by atoms with Crippen LogP contribution in [0.25, 0.3) is 0 Å². The molecule has 0 radical (unpaired) electrons. The van der Waals surface area contributed by atoms with Gasteiger partial charge in [0, 0.05) is 13.1 Å². The Morgan fingerprint density at radius 3 is 2.20 bits per heavy atom. The summed E-state index contributed by atoms with van der Waals surface area (Å²) in [5.74, 6) is -0.808. The number of carbonyl (C=O) groups excluding carboxylic acids is 2. The molecule has 0 aliphatic heterocycles. The first-order valence-corrected chi connectivity index (χ1v) is 15.3. The quantitative estimate of drug-likeness (QED) is 0.269. The highest BCUT2D eigenvalue weighted by Gasteiger charge is 2.34. The molecule has 40 heavy (non-hydrogen) atoms. The van der Waals surface area contributed by atoms with Gasteiger partial charge >= 0.3 is 0 Å². The predicted octanol–water partition coefficient (Wildman–Crippen LogP) is 6.14. The first-order valence-electron chi connectivity index (χ1n) is 13.2. The minimum atomic E-state index is -4.19. The maximum absolute atomic E-state index is 14.1. The molecule has 2 amide bonds. The fourth-order valence-corrected chi connectivity index (χ4v) is 5.96. The second-order valence-electron chi connectivity index (χ2n) is 9.59. The maximum atomic E-state index is 14.1. The zero-order valence-electron chi connectivity index (χ0n) is 23.2. The fraction of sp³-hybridized carbons (Fsp3) is 0.333. The number of carbonyl (C=O) groups is 2. The van der Waals surface area contributed by atoms with Crippen LogP contribution in [0.15, 0.2) is 71.6 Å². The van der Waals surface area contributed by atoms with Gasteiger partial charge in [-0.15, -0.1) is 0 Å². The van der Waals surface area contributed by atoms with E-state index in [0.717, 1.165) is 27.4 Å². The zero-order chi connectivity index (χ0) is 29.4. The van der Waals surface area contributed by atoms with Crippen molar-refractivity contribution in [3.63, 3.8) is 0 Å². The number of hydrogen-bond acceptors (Lipinski definition) is 4. The van der Waals surface area contributed by atoms with Crippen LogP contribution >= 0.6 is 23.2 Å². The maximum Gasteiger partial charge on any atom is 0.264 e. The summed E-state index contributed by atoms with van der Waals surface area (Å²) in [6.07, 6.45) is 1.10. The summed E-state index contributed by atoms with van der Waals surface area (Å²) in [7, 11) is -4.19. The summed E-state index contributed by atoms with van der Waals surface area (Å²) < 4.78 is 28.9. The Hall–Kier alpha value is -3.07. The molecule has 1 unspecified atom stereocenters. The van der Waals surface area contributed by atoms with Gasteiger partial charge in [-0.25, -0.2) is 8.42 Å². The number of anilines is 1. The molecular weight excluding hydrogens is 569 g/mol. The van der Waals surface area contributed by atoms with Crippen molar-refractivity contribution in [3.05, 3.63) is 93.5 Å². The minimum absolute atomic E-state index is 0.0233. The molecule has 7 nitrogen and oxygen atoms in total. The van der Waals surface area contributed by atoms with Crippen molar-refractivity contribution in [1.82, 2.24) is 10.2 Å². The predicted molar refractivity (Wildman–Crippen MR) is 161 cm³/mol. The number of benzene rings is 3. The third-order valence-corrected chi connectivity index (χ3v) is 9.14. The van der Waals surface area contributed by atoms with Crippen LogP contribution in [0.2, 0.25) is 10.0 Å². The van der Waals surface area contributed by atoms with Crippen molar-refractivity contribution in [3.8, 4) is 0 Å². The van der Waals surface area contributed by atoms with E-state index in [1.165, 1.54) is 35.2 Å². The number of halogens is 2. The summed E-state index contributed by atoms with van der Waals surface area (Å²) in [6, 6.07) is 17.6. The van der Waals surface area contributed by atoms with Crippen LogP contribution in [0, 0.1) is 13.8 Å². The Morgan fingerprint density at radius 1 is 0.925 bits per heavy atom. The lowest BCUT2D eigenvalue weighted by Crippen LogP contribution is -2.52. The lowest BCUT2D eigenvalue weighted by molar-refractivity contribution is -0.140. The summed E-state index contributed by atoms with van der Waals surface area (Å²) in [6.45, 7) is 7.63. The molecule has 0 aromatic heterocycles. The van der Waals surface area contributed by atoms with E-state index in [4.69, 9.17) is 23.2 Å². The van der Waals surface area contributed by atoms with Crippen molar-refractivity contribution in [1.29, 1.82) is 0 Å². The van der Waals surface area contributed by atoms with E-state index < -0.39 is 28.5 Å². The first kappa shape index (κ1) is 31.5. The molecule has 214 valence electrons. The lowest BCUT2D eigenvalue weighted by Gasteiger charge is -2.33. The average Bonchev–Trinajstić information content (AvgIpc) is 2.93. The number of amides is 2. The van der Waals surface area contributed by atoms with Crippen LogP contribution in [-0.2, 0) is 26.2 Å². The van der Waals surface area contributed by atoms with Crippen LogP contribution in [0.3, 0.4) is 0 Å². The van der Waals surface area contributed by atoms with Crippen molar-refractivity contribution >= 4 is 50.7 Å². The van der Waals surface area contributed by atoms with Crippen LogP contribution in [0.5, 0.6) is 0 Å². The van der Waals surface area contributed by atoms with E-state index in [1.807, 2.05) is 52.0 Å². The van der Waals surface area contributed by atoms with Crippen molar-refractivity contribution in [2.24, 2.45) is 0 Å².